The Balaban J connectivity index is 2.08. The van der Waals surface area contributed by atoms with Crippen LogP contribution in [0.3, 0.4) is 0 Å². The maximum Gasteiger partial charge on any atom is 0.0522 e. The average Bonchev–Trinajstić information content (AvgIpc) is 2.77. The molecule has 1 heterocycles. The summed E-state index contributed by atoms with van der Waals surface area (Å²) in [6, 6.07) is 8.15. The summed E-state index contributed by atoms with van der Waals surface area (Å²) in [5.41, 5.74) is 8.51. The van der Waals surface area contributed by atoms with Crippen molar-refractivity contribution in [2.45, 2.75) is 25.9 Å². The zero-order valence-electron chi connectivity index (χ0n) is 9.81. The standard InChI is InChI=1S/C13H16BrN3/c1-2-17-9-10(8-16-17)6-13(15)11-4-3-5-12(14)7-11/h3-5,7-9,13H,2,6,15H2,1H3. The molecule has 0 saturated carbocycles. The van der Waals surface area contributed by atoms with Crippen molar-refractivity contribution in [3.63, 3.8) is 0 Å². The van der Waals surface area contributed by atoms with Gasteiger partial charge < -0.3 is 5.73 Å². The summed E-state index contributed by atoms with van der Waals surface area (Å²) in [6.07, 6.45) is 4.76. The lowest BCUT2D eigenvalue weighted by atomic mass is 10.0. The van der Waals surface area contributed by atoms with Gasteiger partial charge in [0, 0.05) is 23.3 Å². The Morgan fingerprint density at radius 1 is 1.47 bits per heavy atom. The van der Waals surface area contributed by atoms with Gasteiger partial charge in [-0.05, 0) is 36.6 Å². The molecule has 2 N–H and O–H groups in total. The van der Waals surface area contributed by atoms with Gasteiger partial charge in [0.05, 0.1) is 6.20 Å². The van der Waals surface area contributed by atoms with Crippen LogP contribution in [0.5, 0.6) is 0 Å². The van der Waals surface area contributed by atoms with E-state index in [1.54, 1.807) is 0 Å². The van der Waals surface area contributed by atoms with Crippen molar-refractivity contribution in [1.82, 2.24) is 9.78 Å². The van der Waals surface area contributed by atoms with Crippen molar-refractivity contribution < 1.29 is 0 Å². The van der Waals surface area contributed by atoms with Gasteiger partial charge in [-0.15, -0.1) is 0 Å². The number of rotatable bonds is 4. The molecule has 0 aliphatic carbocycles. The van der Waals surface area contributed by atoms with Crippen LogP contribution < -0.4 is 5.73 Å². The van der Waals surface area contributed by atoms with Gasteiger partial charge in [-0.2, -0.15) is 5.10 Å². The zero-order chi connectivity index (χ0) is 12.3. The van der Waals surface area contributed by atoms with E-state index in [-0.39, 0.29) is 6.04 Å². The highest BCUT2D eigenvalue weighted by Crippen LogP contribution is 2.19. The molecule has 0 radical (unpaired) electrons. The minimum absolute atomic E-state index is 0.0157. The highest BCUT2D eigenvalue weighted by atomic mass is 79.9. The molecule has 1 aromatic carbocycles. The third-order valence-corrected chi connectivity index (χ3v) is 3.24. The summed E-state index contributed by atoms with van der Waals surface area (Å²) in [6.45, 7) is 2.97. The fourth-order valence-corrected chi connectivity index (χ4v) is 2.21. The van der Waals surface area contributed by atoms with Crippen molar-refractivity contribution in [1.29, 1.82) is 0 Å². The van der Waals surface area contributed by atoms with Gasteiger partial charge in [-0.1, -0.05) is 28.1 Å². The van der Waals surface area contributed by atoms with Crippen LogP contribution in [0.4, 0.5) is 0 Å². The monoisotopic (exact) mass is 293 g/mol. The molecule has 1 unspecified atom stereocenters. The summed E-state index contributed by atoms with van der Waals surface area (Å²) in [5, 5.41) is 4.25. The van der Waals surface area contributed by atoms with E-state index in [1.807, 2.05) is 23.0 Å². The van der Waals surface area contributed by atoms with Crippen LogP contribution in [0.25, 0.3) is 0 Å². The molecule has 90 valence electrons. The van der Waals surface area contributed by atoms with E-state index < -0.39 is 0 Å². The number of hydrogen-bond acceptors (Lipinski definition) is 2. The summed E-state index contributed by atoms with van der Waals surface area (Å²) < 4.78 is 2.98. The van der Waals surface area contributed by atoms with Gasteiger partial charge in [0.1, 0.15) is 0 Å². The molecule has 3 nitrogen and oxygen atoms in total. The SMILES string of the molecule is CCn1cc(CC(N)c2cccc(Br)c2)cn1. The molecule has 0 aliphatic heterocycles. The number of hydrogen-bond donors (Lipinski definition) is 1. The van der Waals surface area contributed by atoms with E-state index in [0.29, 0.717) is 0 Å². The van der Waals surface area contributed by atoms with Crippen molar-refractivity contribution >= 4 is 15.9 Å². The van der Waals surface area contributed by atoms with E-state index in [2.05, 4.69) is 46.3 Å². The van der Waals surface area contributed by atoms with Crippen LogP contribution in [0.15, 0.2) is 41.1 Å². The van der Waals surface area contributed by atoms with Crippen molar-refractivity contribution in [3.8, 4) is 0 Å². The summed E-state index contributed by atoms with van der Waals surface area (Å²) in [5.74, 6) is 0. The van der Waals surface area contributed by atoms with E-state index in [9.17, 15) is 0 Å². The number of halogens is 1. The van der Waals surface area contributed by atoms with Crippen molar-refractivity contribution in [3.05, 3.63) is 52.3 Å². The van der Waals surface area contributed by atoms with Crippen LogP contribution in [0.1, 0.15) is 24.1 Å². The second-order valence-electron chi connectivity index (χ2n) is 4.07. The smallest absolute Gasteiger partial charge is 0.0522 e. The molecule has 0 bridgehead atoms. The summed E-state index contributed by atoms with van der Waals surface area (Å²) >= 11 is 3.46. The highest BCUT2D eigenvalue weighted by Gasteiger charge is 2.08. The predicted octanol–water partition coefficient (Wildman–Crippen LogP) is 2.91. The largest absolute Gasteiger partial charge is 0.324 e. The molecule has 0 amide bonds. The second kappa shape index (κ2) is 5.47. The lowest BCUT2D eigenvalue weighted by Crippen LogP contribution is -2.12. The third kappa shape index (κ3) is 3.17. The van der Waals surface area contributed by atoms with Crippen LogP contribution in [-0.2, 0) is 13.0 Å². The molecule has 17 heavy (non-hydrogen) atoms. The molecule has 4 heteroatoms. The van der Waals surface area contributed by atoms with Gasteiger partial charge >= 0.3 is 0 Å². The van der Waals surface area contributed by atoms with Gasteiger partial charge in [-0.3, -0.25) is 4.68 Å². The molecule has 0 spiro atoms. The van der Waals surface area contributed by atoms with Crippen LogP contribution in [0, 0.1) is 0 Å². The van der Waals surface area contributed by atoms with E-state index in [1.165, 1.54) is 5.56 Å². The average molecular weight is 294 g/mol. The topological polar surface area (TPSA) is 43.8 Å². The molecule has 1 aromatic heterocycles. The molecular weight excluding hydrogens is 278 g/mol. The van der Waals surface area contributed by atoms with Gasteiger partial charge in [0.25, 0.3) is 0 Å². The van der Waals surface area contributed by atoms with Gasteiger partial charge in [0.15, 0.2) is 0 Å². The Labute approximate surface area is 110 Å². The number of nitrogens with two attached hydrogens (primary N) is 1. The van der Waals surface area contributed by atoms with Crippen LogP contribution in [0.2, 0.25) is 0 Å². The molecule has 1 atom stereocenters. The Kier molecular flexibility index (Phi) is 3.97. The molecular formula is C13H16BrN3. The Morgan fingerprint density at radius 2 is 2.29 bits per heavy atom. The Morgan fingerprint density at radius 3 is 2.94 bits per heavy atom. The van der Waals surface area contributed by atoms with Gasteiger partial charge in [-0.25, -0.2) is 0 Å². The fraction of sp³-hybridized carbons (Fsp3) is 0.308. The summed E-state index contributed by atoms with van der Waals surface area (Å²) in [4.78, 5) is 0. The predicted molar refractivity (Wildman–Crippen MR) is 72.7 cm³/mol. The van der Waals surface area contributed by atoms with Crippen molar-refractivity contribution in [2.75, 3.05) is 0 Å². The maximum atomic E-state index is 6.19. The van der Waals surface area contributed by atoms with Crippen LogP contribution >= 0.6 is 15.9 Å². The minimum atomic E-state index is 0.0157. The highest BCUT2D eigenvalue weighted by molar-refractivity contribution is 9.10. The molecule has 2 aromatic rings. The summed E-state index contributed by atoms with van der Waals surface area (Å²) in [7, 11) is 0. The first kappa shape index (κ1) is 12.3. The number of aromatic nitrogens is 2. The van der Waals surface area contributed by atoms with Gasteiger partial charge in [0.2, 0.25) is 0 Å². The second-order valence-corrected chi connectivity index (χ2v) is 4.99. The first-order chi connectivity index (χ1) is 8.19. The normalized spacial score (nSPS) is 12.6. The van der Waals surface area contributed by atoms with E-state index in [0.717, 1.165) is 23.0 Å². The Hall–Kier alpha value is -1.13. The molecule has 2 rings (SSSR count). The number of aryl methyl sites for hydroxylation is 1. The molecule has 0 saturated heterocycles. The fourth-order valence-electron chi connectivity index (χ4n) is 1.79. The lowest BCUT2D eigenvalue weighted by Gasteiger charge is -2.10. The molecule has 0 fully saturated rings. The first-order valence-corrected chi connectivity index (χ1v) is 6.50. The van der Waals surface area contributed by atoms with E-state index >= 15 is 0 Å². The molecule has 0 aliphatic rings. The Bertz CT molecular complexity index is 493. The quantitative estimate of drug-likeness (QED) is 0.942. The zero-order valence-corrected chi connectivity index (χ0v) is 11.4. The number of nitrogens with zero attached hydrogens (tertiary/aromatic N) is 2. The third-order valence-electron chi connectivity index (χ3n) is 2.74. The number of benzene rings is 1. The maximum absolute atomic E-state index is 6.19. The van der Waals surface area contributed by atoms with Crippen molar-refractivity contribution in [2.24, 2.45) is 5.73 Å². The van der Waals surface area contributed by atoms with Crippen LogP contribution in [-0.4, -0.2) is 9.78 Å². The lowest BCUT2D eigenvalue weighted by molar-refractivity contribution is 0.657. The first-order valence-electron chi connectivity index (χ1n) is 5.71. The van der Waals surface area contributed by atoms with E-state index in [4.69, 9.17) is 5.73 Å². The minimum Gasteiger partial charge on any atom is -0.324 e.